The second kappa shape index (κ2) is 11.9. The molecule has 1 aliphatic rings. The monoisotopic (exact) mass is 492 g/mol. The van der Waals surface area contributed by atoms with Gasteiger partial charge in [0.2, 0.25) is 5.91 Å². The zero-order chi connectivity index (χ0) is 27.1. The van der Waals surface area contributed by atoms with Crippen LogP contribution in [0.1, 0.15) is 18.7 Å². The zero-order valence-electron chi connectivity index (χ0n) is 21.4. The Morgan fingerprint density at radius 2 is 1.94 bits per heavy atom. The summed E-state index contributed by atoms with van der Waals surface area (Å²) in [5.41, 5.74) is 7.36. The number of morpholine rings is 1. The molecule has 1 aliphatic heterocycles. The first-order valence-corrected chi connectivity index (χ1v) is 11.3. The van der Waals surface area contributed by atoms with Gasteiger partial charge in [-0.1, -0.05) is 12.1 Å². The van der Waals surface area contributed by atoms with Gasteiger partial charge in [-0.3, -0.25) is 9.59 Å². The number of nitrogens with zero attached hydrogens (tertiary/aromatic N) is 2. The van der Waals surface area contributed by atoms with Gasteiger partial charge in [0, 0.05) is 36.5 Å². The van der Waals surface area contributed by atoms with Crippen molar-refractivity contribution < 1.29 is 26.2 Å². The Kier molecular flexibility index (Phi) is 7.38. The fraction of sp³-hybridized carbons (Fsp3) is 0.222. The number of nitrogens with one attached hydrogen (secondary N) is 1. The Bertz CT molecular complexity index is 1310. The van der Waals surface area contributed by atoms with Gasteiger partial charge in [-0.15, -0.1) is 0 Å². The van der Waals surface area contributed by atoms with Crippen LogP contribution in [0.2, 0.25) is 0 Å². The minimum atomic E-state index is -2.27. The standard InChI is InChI=1S/C27H27FN4O4/c28-24-8-7-22(36-14-11-30-26(33)10-2-19-1-9-25(29)31-18-19)17-23(24)20-3-5-21(6-4-20)27(34)32-12-15-35-16-13-32/h1-10,17-18H,11-16H2,(H2,29,31)(H,30,33)/b10-2+/i14D2. The molecule has 2 heterocycles. The molecule has 3 aromatic rings. The first-order valence-electron chi connectivity index (χ1n) is 12.3. The smallest absolute Gasteiger partial charge is 0.254 e. The van der Waals surface area contributed by atoms with E-state index >= 15 is 0 Å². The van der Waals surface area contributed by atoms with Crippen LogP contribution in [-0.2, 0) is 9.53 Å². The Labute approximate surface area is 211 Å². The van der Waals surface area contributed by atoms with E-state index in [1.54, 1.807) is 41.3 Å². The first kappa shape index (κ1) is 22.2. The van der Waals surface area contributed by atoms with Crippen molar-refractivity contribution in [2.45, 2.75) is 0 Å². The number of nitrogen functional groups attached to an aromatic ring is 1. The third-order valence-electron chi connectivity index (χ3n) is 5.44. The SMILES string of the molecule is [2H]C([2H])(CNC(=O)/C=C/c1ccc(N)nc1)Oc1ccc(F)c(-c2ccc(C(=O)N3CCOCC3)cc2)c1. The van der Waals surface area contributed by atoms with Gasteiger partial charge in [0.15, 0.2) is 0 Å². The highest BCUT2D eigenvalue weighted by molar-refractivity contribution is 5.95. The molecule has 8 nitrogen and oxygen atoms in total. The number of pyridine rings is 1. The molecule has 1 fully saturated rings. The minimum absolute atomic E-state index is 0.0811. The van der Waals surface area contributed by atoms with Crippen molar-refractivity contribution in [2.75, 3.05) is 45.1 Å². The highest BCUT2D eigenvalue weighted by atomic mass is 19.1. The number of carbonyl (C=O) groups excluding carboxylic acids is 2. The summed E-state index contributed by atoms with van der Waals surface area (Å²) < 4.78 is 41.5. The van der Waals surface area contributed by atoms with Gasteiger partial charge >= 0.3 is 0 Å². The molecule has 4 rings (SSSR count). The highest BCUT2D eigenvalue weighted by Crippen LogP contribution is 2.27. The molecule has 36 heavy (non-hydrogen) atoms. The van der Waals surface area contributed by atoms with E-state index in [-0.39, 0.29) is 17.2 Å². The summed E-state index contributed by atoms with van der Waals surface area (Å²) in [6.07, 6.45) is 4.26. The lowest BCUT2D eigenvalue weighted by molar-refractivity contribution is -0.116. The van der Waals surface area contributed by atoms with Crippen LogP contribution < -0.4 is 15.8 Å². The lowest BCUT2D eigenvalue weighted by Crippen LogP contribution is -2.40. The van der Waals surface area contributed by atoms with Gasteiger partial charge in [-0.2, -0.15) is 0 Å². The average Bonchev–Trinajstić information content (AvgIpc) is 2.93. The molecule has 9 heteroatoms. The number of hydrogen-bond acceptors (Lipinski definition) is 6. The topological polar surface area (TPSA) is 107 Å². The quantitative estimate of drug-likeness (QED) is 0.468. The molecule has 186 valence electrons. The van der Waals surface area contributed by atoms with Crippen LogP contribution in [0.3, 0.4) is 0 Å². The Morgan fingerprint density at radius 1 is 1.17 bits per heavy atom. The fourth-order valence-corrected chi connectivity index (χ4v) is 3.52. The van der Waals surface area contributed by atoms with Gasteiger partial charge in [0.25, 0.3) is 5.91 Å². The molecule has 0 aliphatic carbocycles. The van der Waals surface area contributed by atoms with Crippen molar-refractivity contribution in [3.05, 3.63) is 83.8 Å². The molecule has 3 N–H and O–H groups in total. The van der Waals surface area contributed by atoms with E-state index in [2.05, 4.69) is 10.3 Å². The third-order valence-corrected chi connectivity index (χ3v) is 5.44. The number of benzene rings is 2. The summed E-state index contributed by atoms with van der Waals surface area (Å²) in [4.78, 5) is 30.4. The summed E-state index contributed by atoms with van der Waals surface area (Å²) in [6, 6.07) is 13.7. The van der Waals surface area contributed by atoms with Crippen molar-refractivity contribution in [3.8, 4) is 16.9 Å². The van der Waals surface area contributed by atoms with Gasteiger partial charge in [-0.05, 0) is 59.7 Å². The van der Waals surface area contributed by atoms with E-state index in [1.807, 2.05) is 0 Å². The number of nitrogens with two attached hydrogens (primary N) is 1. The summed E-state index contributed by atoms with van der Waals surface area (Å²) >= 11 is 0. The lowest BCUT2D eigenvalue weighted by atomic mass is 10.0. The number of amides is 2. The van der Waals surface area contributed by atoms with Crippen LogP contribution in [0.15, 0.2) is 66.9 Å². The number of rotatable bonds is 8. The number of anilines is 1. The Balaban J connectivity index is 1.38. The molecule has 0 unspecified atom stereocenters. The maximum absolute atomic E-state index is 14.6. The summed E-state index contributed by atoms with van der Waals surface area (Å²) in [5, 5.41) is 2.44. The number of hydrogen-bond donors (Lipinski definition) is 2. The first-order chi connectivity index (χ1) is 18.2. The molecule has 0 radical (unpaired) electrons. The van der Waals surface area contributed by atoms with E-state index in [0.29, 0.717) is 48.8 Å². The summed E-state index contributed by atoms with van der Waals surface area (Å²) in [5.74, 6) is -0.733. The van der Waals surface area contributed by atoms with E-state index in [9.17, 15) is 14.0 Å². The number of halogens is 1. The largest absolute Gasteiger partial charge is 0.492 e. The zero-order valence-corrected chi connectivity index (χ0v) is 19.4. The number of aromatic nitrogens is 1. The minimum Gasteiger partial charge on any atom is -0.492 e. The third kappa shape index (κ3) is 6.67. The average molecular weight is 493 g/mol. The van der Waals surface area contributed by atoms with Crippen molar-refractivity contribution in [1.29, 1.82) is 0 Å². The number of carbonyl (C=O) groups is 2. The molecular formula is C27H27FN4O4. The van der Waals surface area contributed by atoms with Gasteiger partial charge in [-0.25, -0.2) is 9.37 Å². The van der Waals surface area contributed by atoms with Crippen LogP contribution in [0.25, 0.3) is 17.2 Å². The lowest BCUT2D eigenvalue weighted by Gasteiger charge is -2.26. The van der Waals surface area contributed by atoms with Crippen LogP contribution in [0.5, 0.6) is 5.75 Å². The predicted octanol–water partition coefficient (Wildman–Crippen LogP) is 3.15. The van der Waals surface area contributed by atoms with E-state index in [1.165, 1.54) is 36.5 Å². The van der Waals surface area contributed by atoms with Crippen LogP contribution >= 0.6 is 0 Å². The van der Waals surface area contributed by atoms with Crippen molar-refractivity contribution in [2.24, 2.45) is 0 Å². The second-order valence-corrected chi connectivity index (χ2v) is 7.94. The summed E-state index contributed by atoms with van der Waals surface area (Å²) in [7, 11) is 0. The van der Waals surface area contributed by atoms with Crippen molar-refractivity contribution >= 4 is 23.7 Å². The normalized spacial score (nSPS) is 14.8. The molecule has 0 bridgehead atoms. The summed E-state index contributed by atoms with van der Waals surface area (Å²) in [6.45, 7) is -0.675. The molecular weight excluding hydrogens is 463 g/mol. The fourth-order valence-electron chi connectivity index (χ4n) is 3.52. The molecule has 2 aromatic carbocycles. The van der Waals surface area contributed by atoms with Crippen molar-refractivity contribution in [1.82, 2.24) is 15.2 Å². The Morgan fingerprint density at radius 3 is 2.67 bits per heavy atom. The van der Waals surface area contributed by atoms with Gasteiger partial charge in [0.1, 0.15) is 23.9 Å². The van der Waals surface area contributed by atoms with Crippen LogP contribution in [0, 0.1) is 5.82 Å². The number of ether oxygens (including phenoxy) is 2. The second-order valence-electron chi connectivity index (χ2n) is 7.94. The van der Waals surface area contributed by atoms with Crippen LogP contribution in [-0.4, -0.2) is 61.1 Å². The van der Waals surface area contributed by atoms with Crippen molar-refractivity contribution in [3.63, 3.8) is 0 Å². The molecule has 2 amide bonds. The molecule has 1 aromatic heterocycles. The predicted molar refractivity (Wildman–Crippen MR) is 135 cm³/mol. The maximum Gasteiger partial charge on any atom is 0.254 e. The van der Waals surface area contributed by atoms with E-state index < -0.39 is 24.8 Å². The molecule has 0 saturated carbocycles. The Hall–Kier alpha value is -4.24. The van der Waals surface area contributed by atoms with E-state index in [4.69, 9.17) is 17.9 Å². The van der Waals surface area contributed by atoms with Gasteiger partial charge in [0.05, 0.1) is 22.5 Å². The molecule has 0 atom stereocenters. The molecule has 0 spiro atoms. The maximum atomic E-state index is 14.6. The van der Waals surface area contributed by atoms with E-state index in [0.717, 1.165) is 0 Å². The molecule has 1 saturated heterocycles. The highest BCUT2D eigenvalue weighted by Gasteiger charge is 2.18. The van der Waals surface area contributed by atoms with Gasteiger partial charge < -0.3 is 25.4 Å². The van der Waals surface area contributed by atoms with Crippen LogP contribution in [0.4, 0.5) is 10.2 Å².